The van der Waals surface area contributed by atoms with Crippen molar-refractivity contribution in [3.8, 4) is 5.75 Å². The molecular weight excluding hydrogens is 805 g/mol. The minimum Gasteiger partial charge on any atom is -0.497 e. The van der Waals surface area contributed by atoms with Crippen molar-refractivity contribution in [3.63, 3.8) is 0 Å². The predicted octanol–water partition coefficient (Wildman–Crippen LogP) is 10.5. The van der Waals surface area contributed by atoms with Gasteiger partial charge >= 0.3 is 0 Å². The summed E-state index contributed by atoms with van der Waals surface area (Å²) >= 11 is 0. The van der Waals surface area contributed by atoms with Gasteiger partial charge in [0.15, 0.2) is 0 Å². The lowest BCUT2D eigenvalue weighted by Crippen LogP contribution is -2.67. The van der Waals surface area contributed by atoms with Crippen molar-refractivity contribution in [1.82, 2.24) is 9.97 Å². The highest BCUT2D eigenvalue weighted by Gasteiger charge is 2.56. The van der Waals surface area contributed by atoms with Gasteiger partial charge in [0, 0.05) is 71.8 Å². The van der Waals surface area contributed by atoms with Crippen molar-refractivity contribution in [2.45, 2.75) is 77.1 Å². The topological polar surface area (TPSA) is 95.7 Å². The number of ether oxygens (including phenoxy) is 1. The van der Waals surface area contributed by atoms with Crippen LogP contribution in [0.25, 0.3) is 43.4 Å². The maximum absolute atomic E-state index is 12.8. The first-order chi connectivity index (χ1) is 31.3. The van der Waals surface area contributed by atoms with E-state index < -0.39 is 12.2 Å². The van der Waals surface area contributed by atoms with Crippen molar-refractivity contribution >= 4 is 43.4 Å². The highest BCUT2D eigenvalue weighted by molar-refractivity contribution is 6.05. The molecule has 334 valence electrons. The first kappa shape index (κ1) is 43.4. The molecule has 6 saturated heterocycles. The average Bonchev–Trinajstić information content (AvgIpc) is 3.36. The van der Waals surface area contributed by atoms with Crippen LogP contribution in [0.4, 0.5) is 0 Å². The lowest BCUT2D eigenvalue weighted by molar-refractivity contribution is -0.984. The number of aliphatic hydroxyl groups is 3. The third kappa shape index (κ3) is 7.08. The quantitative estimate of drug-likeness (QED) is 0.0643. The summed E-state index contributed by atoms with van der Waals surface area (Å²) in [5.41, 5.74) is 7.01. The van der Waals surface area contributed by atoms with E-state index in [1.165, 1.54) is 32.7 Å². The van der Waals surface area contributed by atoms with Crippen LogP contribution in [0.2, 0.25) is 0 Å². The van der Waals surface area contributed by atoms with Crippen molar-refractivity contribution < 1.29 is 29.0 Å². The van der Waals surface area contributed by atoms with Gasteiger partial charge in [0.05, 0.1) is 50.9 Å². The monoisotopic (exact) mass is 868 g/mol. The summed E-state index contributed by atoms with van der Waals surface area (Å²) in [5.74, 6) is 2.49. The number of pyridine rings is 2. The van der Waals surface area contributed by atoms with Crippen LogP contribution in [0.1, 0.15) is 73.1 Å². The molecule has 8 unspecified atom stereocenters. The zero-order valence-electron chi connectivity index (χ0n) is 36.9. The lowest BCUT2D eigenvalue weighted by Gasteiger charge is -2.58. The van der Waals surface area contributed by atoms with Crippen LogP contribution in [0.5, 0.6) is 5.75 Å². The molecular formula is C57H64N4O4+2. The summed E-state index contributed by atoms with van der Waals surface area (Å²) in [5, 5.41) is 42.6. The predicted molar refractivity (Wildman–Crippen MR) is 262 cm³/mol. The maximum Gasteiger partial charge on any atom is 0.131 e. The third-order valence-electron chi connectivity index (χ3n) is 16.8. The number of hydrogen-bond donors (Lipinski definition) is 3. The molecule has 0 amide bonds. The fraction of sp³-hybridized carbons (Fsp3) is 0.368. The van der Waals surface area contributed by atoms with Gasteiger partial charge in [0.1, 0.15) is 43.1 Å². The Kier molecular flexibility index (Phi) is 11.4. The molecule has 13 rings (SSSR count). The average molecular weight is 869 g/mol. The molecule has 2 aromatic heterocycles. The summed E-state index contributed by atoms with van der Waals surface area (Å²) in [7, 11) is 1.69. The molecule has 8 heteroatoms. The molecule has 6 aliphatic heterocycles. The molecule has 4 bridgehead atoms. The van der Waals surface area contributed by atoms with Gasteiger partial charge in [-0.1, -0.05) is 74.2 Å². The standard InChI is InChI=1S/C56H60N4O4.CH4/c1-4-36-30-59(24-20-38(36)27-53(59)55(62)45-18-22-57-51-16-14-35(34-61)26-47(45)51)32-49-41-10-6-8-12-43(41)50(44-13-9-7-11-42(44)49)33-60-25-21-39(37(5-2)31-60)28-54(60)56(63)46-19-23-58-52-17-15-40(64-3)29-48(46)52;/h4-19,22-23,26,29,36-39,53-56,61-63H,1-2,20-21,24-25,27-28,30-34H2,3H3;1H4/q+2;/t36?,37?,38?,39?,53?,54?,55-,56-,59?,60?;/m1./s1. The van der Waals surface area contributed by atoms with E-state index in [1.807, 2.05) is 60.9 Å². The Bertz CT molecular complexity index is 2700. The van der Waals surface area contributed by atoms with Gasteiger partial charge in [-0.05, 0) is 92.5 Å². The van der Waals surface area contributed by atoms with Gasteiger partial charge in [-0.2, -0.15) is 0 Å². The van der Waals surface area contributed by atoms with Crippen LogP contribution in [-0.4, -0.2) is 79.6 Å². The van der Waals surface area contributed by atoms with Crippen LogP contribution in [0, 0.1) is 23.7 Å². The molecule has 3 N–H and O–H groups in total. The van der Waals surface area contributed by atoms with Gasteiger partial charge in [-0.25, -0.2) is 0 Å². The lowest BCUT2D eigenvalue weighted by atomic mass is 9.70. The van der Waals surface area contributed by atoms with Gasteiger partial charge in [0.2, 0.25) is 0 Å². The molecule has 6 aliphatic rings. The third-order valence-corrected chi connectivity index (χ3v) is 16.8. The number of aromatic nitrogens is 2. The van der Waals surface area contributed by atoms with Crippen molar-refractivity contribution in [2.24, 2.45) is 23.7 Å². The molecule has 0 radical (unpaired) electrons. The second kappa shape index (κ2) is 17.1. The van der Waals surface area contributed by atoms with Crippen LogP contribution >= 0.6 is 0 Å². The molecule has 6 fully saturated rings. The highest BCUT2D eigenvalue weighted by atomic mass is 16.5. The Morgan fingerprint density at radius 3 is 1.55 bits per heavy atom. The molecule has 5 aromatic carbocycles. The number of quaternary nitrogens is 2. The smallest absolute Gasteiger partial charge is 0.131 e. The second-order valence-corrected chi connectivity index (χ2v) is 19.7. The maximum atomic E-state index is 12.8. The van der Waals surface area contributed by atoms with E-state index >= 15 is 0 Å². The molecule has 8 heterocycles. The van der Waals surface area contributed by atoms with E-state index in [9.17, 15) is 15.3 Å². The fourth-order valence-electron chi connectivity index (χ4n) is 13.6. The second-order valence-electron chi connectivity index (χ2n) is 19.7. The number of benzene rings is 5. The van der Waals surface area contributed by atoms with E-state index in [0.717, 1.165) is 118 Å². The Morgan fingerprint density at radius 2 is 1.11 bits per heavy atom. The molecule has 0 saturated carbocycles. The molecule has 7 aromatic rings. The zero-order valence-corrected chi connectivity index (χ0v) is 36.9. The Balaban J connectivity index is 0.00000498. The highest BCUT2D eigenvalue weighted by Crippen LogP contribution is 2.52. The van der Waals surface area contributed by atoms with Gasteiger partial charge in [0.25, 0.3) is 0 Å². The van der Waals surface area contributed by atoms with Gasteiger partial charge in [-0.3, -0.25) is 9.97 Å². The van der Waals surface area contributed by atoms with Crippen molar-refractivity contribution in [3.05, 3.63) is 163 Å². The number of methoxy groups -OCH3 is 1. The Labute approximate surface area is 383 Å². The zero-order chi connectivity index (χ0) is 43.7. The summed E-state index contributed by atoms with van der Waals surface area (Å²) in [6, 6.07) is 33.9. The Morgan fingerprint density at radius 1 is 0.646 bits per heavy atom. The SMILES string of the molecule is C.C=CC1C[N+]2(Cc3c4ccccc4c(C[N+]45CCC(CC4[C@H](O)c4ccnc6ccc(OC)cc46)C(C=C)C5)c4ccccc34)CCC1CC2[C@H](O)c1ccnc2ccc(CO)cc12. The molecule has 8 nitrogen and oxygen atoms in total. The minimum absolute atomic E-state index is 0. The number of fused-ring (bicyclic) bond motifs is 10. The Hall–Kier alpha value is -5.48. The summed E-state index contributed by atoms with van der Waals surface area (Å²) in [6.45, 7) is 14.1. The van der Waals surface area contributed by atoms with Crippen molar-refractivity contribution in [1.29, 1.82) is 0 Å². The normalized spacial score (nSPS) is 28.0. The fourth-order valence-corrected chi connectivity index (χ4v) is 13.6. The molecule has 0 spiro atoms. The van der Waals surface area contributed by atoms with Crippen molar-refractivity contribution in [2.75, 3.05) is 33.3 Å². The summed E-state index contributed by atoms with van der Waals surface area (Å²) in [6.07, 6.45) is 10.7. The van der Waals surface area contributed by atoms with Crippen LogP contribution in [-0.2, 0) is 19.7 Å². The van der Waals surface area contributed by atoms with Crippen LogP contribution in [0.15, 0.2) is 135 Å². The van der Waals surface area contributed by atoms with Gasteiger partial charge < -0.3 is 29.0 Å². The summed E-state index contributed by atoms with van der Waals surface area (Å²) in [4.78, 5) is 9.33. The van der Waals surface area contributed by atoms with E-state index in [2.05, 4.69) is 83.8 Å². The van der Waals surface area contributed by atoms with Crippen LogP contribution < -0.4 is 4.74 Å². The van der Waals surface area contributed by atoms with E-state index in [4.69, 9.17) is 4.74 Å². The summed E-state index contributed by atoms with van der Waals surface area (Å²) < 4.78 is 7.23. The number of nitrogens with zero attached hydrogens (tertiary/aromatic N) is 4. The van der Waals surface area contributed by atoms with Crippen LogP contribution in [0.3, 0.4) is 0 Å². The molecule has 10 atom stereocenters. The molecule has 0 aliphatic carbocycles. The molecule has 65 heavy (non-hydrogen) atoms. The van der Waals surface area contributed by atoms with E-state index in [-0.39, 0.29) is 26.1 Å². The largest absolute Gasteiger partial charge is 0.497 e. The number of rotatable bonds is 12. The number of hydrogen-bond acceptors (Lipinski definition) is 6. The van der Waals surface area contributed by atoms with E-state index in [1.54, 1.807) is 7.11 Å². The first-order valence-electron chi connectivity index (χ1n) is 23.4. The minimum atomic E-state index is -0.706. The number of piperidine rings is 6. The number of aliphatic hydroxyl groups excluding tert-OH is 3. The van der Waals surface area contributed by atoms with Gasteiger partial charge in [-0.15, -0.1) is 13.2 Å². The first-order valence-corrected chi connectivity index (χ1v) is 23.4. The van der Waals surface area contributed by atoms with E-state index in [0.29, 0.717) is 23.7 Å².